The number of aryl methyl sites for hydroxylation is 2. The standard InChI is InChI=1S/C18H16N4O3S/c1-3-12-4-6-13(7-5-12)16-19-15(25-22-16)10-26-18-21-20-17(24-18)14-8-9-23-11(14)2/h4-9H,3,10H2,1-2H3. The molecule has 3 heterocycles. The van der Waals surface area contributed by atoms with Gasteiger partial charge in [0.2, 0.25) is 11.7 Å². The number of hydrogen-bond acceptors (Lipinski definition) is 8. The van der Waals surface area contributed by atoms with Gasteiger partial charge in [0.25, 0.3) is 11.1 Å². The Bertz CT molecular complexity index is 1000. The Hall–Kier alpha value is -2.87. The zero-order valence-electron chi connectivity index (χ0n) is 14.3. The zero-order chi connectivity index (χ0) is 17.9. The van der Waals surface area contributed by atoms with Crippen LogP contribution in [0.3, 0.4) is 0 Å². The van der Waals surface area contributed by atoms with Gasteiger partial charge in [-0.15, -0.1) is 10.2 Å². The number of furan rings is 1. The van der Waals surface area contributed by atoms with Gasteiger partial charge in [-0.2, -0.15) is 4.98 Å². The summed E-state index contributed by atoms with van der Waals surface area (Å²) in [7, 11) is 0. The smallest absolute Gasteiger partial charge is 0.277 e. The first kappa shape index (κ1) is 16.6. The summed E-state index contributed by atoms with van der Waals surface area (Å²) >= 11 is 1.34. The number of hydrogen-bond donors (Lipinski definition) is 0. The van der Waals surface area contributed by atoms with Crippen molar-refractivity contribution in [2.24, 2.45) is 0 Å². The van der Waals surface area contributed by atoms with E-state index in [-0.39, 0.29) is 0 Å². The van der Waals surface area contributed by atoms with Gasteiger partial charge in [-0.25, -0.2) is 0 Å². The van der Waals surface area contributed by atoms with Crippen molar-refractivity contribution in [3.63, 3.8) is 0 Å². The lowest BCUT2D eigenvalue weighted by molar-refractivity contribution is 0.391. The molecule has 132 valence electrons. The highest BCUT2D eigenvalue weighted by Crippen LogP contribution is 2.28. The number of nitrogens with zero attached hydrogens (tertiary/aromatic N) is 4. The second-order valence-corrected chi connectivity index (χ2v) is 6.54. The van der Waals surface area contributed by atoms with Crippen LogP contribution in [-0.4, -0.2) is 20.3 Å². The molecule has 4 rings (SSSR count). The van der Waals surface area contributed by atoms with Crippen LogP contribution in [0.15, 0.2) is 55.2 Å². The molecule has 0 bridgehead atoms. The van der Waals surface area contributed by atoms with Gasteiger partial charge in [-0.05, 0) is 25.0 Å². The van der Waals surface area contributed by atoms with Gasteiger partial charge in [-0.1, -0.05) is 48.1 Å². The topological polar surface area (TPSA) is 91.0 Å². The molecule has 0 unspecified atom stereocenters. The largest absolute Gasteiger partial charge is 0.469 e. The minimum absolute atomic E-state index is 0.431. The Morgan fingerprint density at radius 1 is 1.08 bits per heavy atom. The predicted octanol–water partition coefficient (Wildman–Crippen LogP) is 4.54. The van der Waals surface area contributed by atoms with Gasteiger partial charge in [0, 0.05) is 5.56 Å². The number of aromatic nitrogens is 4. The van der Waals surface area contributed by atoms with Crippen LogP contribution in [0, 0.1) is 6.92 Å². The van der Waals surface area contributed by atoms with E-state index in [9.17, 15) is 0 Å². The van der Waals surface area contributed by atoms with Crippen LogP contribution >= 0.6 is 11.8 Å². The molecule has 3 aromatic heterocycles. The van der Waals surface area contributed by atoms with Crippen LogP contribution in [0.1, 0.15) is 24.1 Å². The quantitative estimate of drug-likeness (QED) is 0.458. The molecule has 0 radical (unpaired) electrons. The third kappa shape index (κ3) is 3.41. The van der Waals surface area contributed by atoms with E-state index in [0.29, 0.717) is 28.6 Å². The maximum atomic E-state index is 5.64. The van der Waals surface area contributed by atoms with Crippen LogP contribution in [0.4, 0.5) is 0 Å². The van der Waals surface area contributed by atoms with E-state index < -0.39 is 0 Å². The first-order valence-corrected chi connectivity index (χ1v) is 9.14. The Morgan fingerprint density at radius 2 is 1.92 bits per heavy atom. The summed E-state index contributed by atoms with van der Waals surface area (Å²) in [6, 6.07) is 9.93. The summed E-state index contributed by atoms with van der Waals surface area (Å²) in [5, 5.41) is 12.5. The van der Waals surface area contributed by atoms with Gasteiger partial charge >= 0.3 is 0 Å². The second kappa shape index (κ2) is 7.17. The van der Waals surface area contributed by atoms with Crippen molar-refractivity contribution in [1.82, 2.24) is 20.3 Å². The summed E-state index contributed by atoms with van der Waals surface area (Å²) < 4.78 is 16.2. The lowest BCUT2D eigenvalue weighted by Crippen LogP contribution is -1.84. The fourth-order valence-electron chi connectivity index (χ4n) is 2.43. The highest BCUT2D eigenvalue weighted by atomic mass is 32.2. The van der Waals surface area contributed by atoms with E-state index in [1.54, 1.807) is 12.3 Å². The maximum absolute atomic E-state index is 5.64. The van der Waals surface area contributed by atoms with E-state index >= 15 is 0 Å². The molecule has 0 saturated carbocycles. The van der Waals surface area contributed by atoms with Crippen molar-refractivity contribution in [1.29, 1.82) is 0 Å². The number of rotatable bonds is 6. The Kier molecular flexibility index (Phi) is 4.57. The molecule has 1 aromatic carbocycles. The minimum Gasteiger partial charge on any atom is -0.469 e. The fraction of sp³-hybridized carbons (Fsp3) is 0.222. The van der Waals surface area contributed by atoms with E-state index in [1.807, 2.05) is 19.1 Å². The fourth-order valence-corrected chi connectivity index (χ4v) is 3.03. The van der Waals surface area contributed by atoms with Gasteiger partial charge in [0.1, 0.15) is 5.76 Å². The zero-order valence-corrected chi connectivity index (χ0v) is 15.1. The summed E-state index contributed by atoms with van der Waals surface area (Å²) in [6.07, 6.45) is 2.59. The highest BCUT2D eigenvalue weighted by molar-refractivity contribution is 7.98. The van der Waals surface area contributed by atoms with Crippen molar-refractivity contribution < 1.29 is 13.4 Å². The van der Waals surface area contributed by atoms with Crippen molar-refractivity contribution in [2.45, 2.75) is 31.2 Å². The van der Waals surface area contributed by atoms with Gasteiger partial charge in [0.15, 0.2) is 0 Å². The Labute approximate surface area is 153 Å². The lowest BCUT2D eigenvalue weighted by Gasteiger charge is -1.97. The third-order valence-corrected chi connectivity index (χ3v) is 4.71. The van der Waals surface area contributed by atoms with E-state index in [4.69, 9.17) is 13.4 Å². The molecule has 0 saturated heterocycles. The maximum Gasteiger partial charge on any atom is 0.277 e. The molecule has 0 fully saturated rings. The molecule has 7 nitrogen and oxygen atoms in total. The minimum atomic E-state index is 0.431. The van der Waals surface area contributed by atoms with Crippen LogP contribution in [0.5, 0.6) is 0 Å². The molecule has 0 N–H and O–H groups in total. The summed E-state index contributed by atoms with van der Waals surface area (Å²) in [4.78, 5) is 4.42. The lowest BCUT2D eigenvalue weighted by atomic mass is 10.1. The van der Waals surface area contributed by atoms with E-state index in [1.165, 1.54) is 17.3 Å². The van der Waals surface area contributed by atoms with Crippen molar-refractivity contribution >= 4 is 11.8 Å². The van der Waals surface area contributed by atoms with Crippen molar-refractivity contribution in [2.75, 3.05) is 0 Å². The number of benzene rings is 1. The Balaban J connectivity index is 1.42. The molecule has 4 aromatic rings. The molecule has 0 atom stereocenters. The average Bonchev–Trinajstić information content (AvgIpc) is 3.40. The van der Waals surface area contributed by atoms with Crippen molar-refractivity contribution in [3.05, 3.63) is 53.8 Å². The summed E-state index contributed by atoms with van der Waals surface area (Å²) in [5.74, 6) is 2.69. The third-order valence-electron chi connectivity index (χ3n) is 3.90. The summed E-state index contributed by atoms with van der Waals surface area (Å²) in [6.45, 7) is 3.97. The highest BCUT2D eigenvalue weighted by Gasteiger charge is 2.15. The molecular weight excluding hydrogens is 352 g/mol. The molecule has 0 spiro atoms. The van der Waals surface area contributed by atoms with Gasteiger partial charge in [-0.3, -0.25) is 0 Å². The normalized spacial score (nSPS) is 11.2. The Morgan fingerprint density at radius 3 is 2.65 bits per heavy atom. The SMILES string of the molecule is CCc1ccc(-c2noc(CSc3nnc(-c4ccoc4C)o3)n2)cc1. The van der Waals surface area contributed by atoms with E-state index in [0.717, 1.165) is 23.3 Å². The first-order valence-electron chi connectivity index (χ1n) is 8.15. The average molecular weight is 368 g/mol. The van der Waals surface area contributed by atoms with Crippen LogP contribution < -0.4 is 0 Å². The van der Waals surface area contributed by atoms with Gasteiger partial charge in [0.05, 0.1) is 17.6 Å². The van der Waals surface area contributed by atoms with Crippen LogP contribution in [0.2, 0.25) is 0 Å². The summed E-state index contributed by atoms with van der Waals surface area (Å²) in [5.41, 5.74) is 2.99. The molecule has 0 aliphatic carbocycles. The molecule has 0 amide bonds. The van der Waals surface area contributed by atoms with Crippen LogP contribution in [-0.2, 0) is 12.2 Å². The monoisotopic (exact) mass is 368 g/mol. The first-order chi connectivity index (χ1) is 12.7. The predicted molar refractivity (Wildman–Crippen MR) is 95.4 cm³/mol. The molecule has 26 heavy (non-hydrogen) atoms. The van der Waals surface area contributed by atoms with E-state index in [2.05, 4.69) is 39.4 Å². The number of thioether (sulfide) groups is 1. The van der Waals surface area contributed by atoms with Crippen LogP contribution in [0.25, 0.3) is 22.8 Å². The molecule has 0 aliphatic heterocycles. The molecule has 8 heteroatoms. The van der Waals surface area contributed by atoms with Crippen molar-refractivity contribution in [3.8, 4) is 22.8 Å². The molecular formula is C18H16N4O3S. The molecule has 0 aliphatic rings. The second-order valence-electron chi connectivity index (χ2n) is 5.61. The van der Waals surface area contributed by atoms with Gasteiger partial charge < -0.3 is 13.4 Å².